The van der Waals surface area contributed by atoms with Crippen molar-refractivity contribution in [3.63, 3.8) is 0 Å². The average molecular weight is 400 g/mol. The quantitative estimate of drug-likeness (QED) is 0.481. The van der Waals surface area contributed by atoms with Gasteiger partial charge in [-0.2, -0.15) is 5.10 Å². The molecule has 1 heterocycles. The van der Waals surface area contributed by atoms with E-state index in [4.69, 9.17) is 27.9 Å². The summed E-state index contributed by atoms with van der Waals surface area (Å²) in [7, 11) is 0. The van der Waals surface area contributed by atoms with Crippen LogP contribution in [0.5, 0.6) is 5.75 Å². The van der Waals surface area contributed by atoms with Gasteiger partial charge < -0.3 is 4.74 Å². The summed E-state index contributed by atoms with van der Waals surface area (Å²) in [5.41, 5.74) is 4.51. The lowest BCUT2D eigenvalue weighted by molar-refractivity contribution is 0.0955. The van der Waals surface area contributed by atoms with E-state index in [1.165, 1.54) is 0 Å². The van der Waals surface area contributed by atoms with Crippen molar-refractivity contribution < 1.29 is 9.53 Å². The van der Waals surface area contributed by atoms with E-state index in [0.717, 1.165) is 11.1 Å². The first-order valence-electron chi connectivity index (χ1n) is 8.02. The molecule has 3 aromatic rings. The molecule has 0 radical (unpaired) electrons. The van der Waals surface area contributed by atoms with Gasteiger partial charge in [-0.25, -0.2) is 5.43 Å². The van der Waals surface area contributed by atoms with Crippen LogP contribution in [0.3, 0.4) is 0 Å². The molecule has 2 aromatic carbocycles. The van der Waals surface area contributed by atoms with E-state index in [1.807, 2.05) is 12.1 Å². The average Bonchev–Trinajstić information content (AvgIpc) is 2.69. The molecule has 3 rings (SSSR count). The molecule has 0 unspecified atom stereocenters. The lowest BCUT2D eigenvalue weighted by Crippen LogP contribution is -2.17. The Morgan fingerprint density at radius 1 is 1.04 bits per heavy atom. The number of halogens is 2. The fourth-order valence-electron chi connectivity index (χ4n) is 2.21. The Bertz CT molecular complexity index is 925. The van der Waals surface area contributed by atoms with Crippen LogP contribution in [0.4, 0.5) is 0 Å². The van der Waals surface area contributed by atoms with Gasteiger partial charge in [-0.1, -0.05) is 29.3 Å². The maximum absolute atomic E-state index is 11.9. The molecule has 0 atom stereocenters. The van der Waals surface area contributed by atoms with Gasteiger partial charge in [0.2, 0.25) is 0 Å². The number of nitrogens with zero attached hydrogens (tertiary/aromatic N) is 2. The Morgan fingerprint density at radius 3 is 2.37 bits per heavy atom. The highest BCUT2D eigenvalue weighted by Gasteiger charge is 2.06. The smallest absolute Gasteiger partial charge is 0.271 e. The van der Waals surface area contributed by atoms with E-state index in [2.05, 4.69) is 15.5 Å². The molecular weight excluding hydrogens is 385 g/mol. The first kappa shape index (κ1) is 18.9. The van der Waals surface area contributed by atoms with E-state index in [-0.39, 0.29) is 12.5 Å². The molecule has 0 aliphatic heterocycles. The Morgan fingerprint density at radius 2 is 1.70 bits per heavy atom. The van der Waals surface area contributed by atoms with Gasteiger partial charge in [0.05, 0.1) is 6.21 Å². The lowest BCUT2D eigenvalue weighted by Gasteiger charge is -2.09. The molecule has 0 fully saturated rings. The topological polar surface area (TPSA) is 63.6 Å². The van der Waals surface area contributed by atoms with E-state index in [1.54, 1.807) is 61.1 Å². The predicted molar refractivity (Wildman–Crippen MR) is 107 cm³/mol. The van der Waals surface area contributed by atoms with Gasteiger partial charge in [-0.15, -0.1) is 0 Å². The summed E-state index contributed by atoms with van der Waals surface area (Å²) in [5, 5.41) is 5.08. The molecule has 27 heavy (non-hydrogen) atoms. The summed E-state index contributed by atoms with van der Waals surface area (Å²) >= 11 is 12.3. The van der Waals surface area contributed by atoms with Crippen molar-refractivity contribution in [1.82, 2.24) is 10.4 Å². The number of carbonyl (C=O) groups is 1. The summed E-state index contributed by atoms with van der Waals surface area (Å²) in [6.45, 7) is 0.272. The van der Waals surface area contributed by atoms with Gasteiger partial charge in [0.25, 0.3) is 5.91 Å². The minimum atomic E-state index is -0.301. The number of aromatic nitrogens is 1. The second kappa shape index (κ2) is 9.16. The van der Waals surface area contributed by atoms with Gasteiger partial charge in [-0.3, -0.25) is 9.78 Å². The Balaban J connectivity index is 1.55. The van der Waals surface area contributed by atoms with Crippen molar-refractivity contribution in [2.75, 3.05) is 0 Å². The number of amides is 1. The van der Waals surface area contributed by atoms with Crippen LogP contribution in [-0.2, 0) is 6.61 Å². The Labute approximate surface area is 166 Å². The highest BCUT2D eigenvalue weighted by Crippen LogP contribution is 2.25. The number of carbonyl (C=O) groups excluding carboxylic acids is 1. The van der Waals surface area contributed by atoms with E-state index >= 15 is 0 Å². The molecule has 0 saturated carbocycles. The molecule has 0 bridgehead atoms. The molecule has 5 nitrogen and oxygen atoms in total. The van der Waals surface area contributed by atoms with Crippen molar-refractivity contribution in [2.45, 2.75) is 6.61 Å². The molecule has 0 spiro atoms. The maximum atomic E-state index is 11.9. The number of pyridine rings is 1. The SMILES string of the molecule is O=C(N/N=C\c1ccc(OCc2c(Cl)cccc2Cl)cc1)c1ccncc1. The van der Waals surface area contributed by atoms with Crippen molar-refractivity contribution >= 4 is 35.3 Å². The third kappa shape index (κ3) is 5.29. The summed E-state index contributed by atoms with van der Waals surface area (Å²) in [6.07, 6.45) is 4.65. The third-order valence-corrected chi connectivity index (χ3v) is 4.36. The number of hydrogen-bond acceptors (Lipinski definition) is 4. The minimum Gasteiger partial charge on any atom is -0.489 e. The molecule has 7 heteroatoms. The van der Waals surface area contributed by atoms with Gasteiger partial charge in [0, 0.05) is 33.6 Å². The second-order valence-corrected chi connectivity index (χ2v) is 6.31. The van der Waals surface area contributed by atoms with Crippen LogP contribution >= 0.6 is 23.2 Å². The summed E-state index contributed by atoms with van der Waals surface area (Å²) in [5.74, 6) is 0.370. The highest BCUT2D eigenvalue weighted by atomic mass is 35.5. The largest absolute Gasteiger partial charge is 0.489 e. The number of nitrogens with one attached hydrogen (secondary N) is 1. The predicted octanol–water partition coefficient (Wildman–Crippen LogP) is 4.73. The number of ether oxygens (including phenoxy) is 1. The van der Waals surface area contributed by atoms with E-state index in [0.29, 0.717) is 21.4 Å². The molecular formula is C20H15Cl2N3O2. The van der Waals surface area contributed by atoms with Crippen molar-refractivity contribution in [3.8, 4) is 5.75 Å². The zero-order valence-electron chi connectivity index (χ0n) is 14.1. The van der Waals surface area contributed by atoms with Gasteiger partial charge in [-0.05, 0) is 54.1 Å². The summed E-state index contributed by atoms with van der Waals surface area (Å²) < 4.78 is 5.72. The fourth-order valence-corrected chi connectivity index (χ4v) is 2.72. The maximum Gasteiger partial charge on any atom is 0.271 e. The van der Waals surface area contributed by atoms with E-state index < -0.39 is 0 Å². The normalized spacial score (nSPS) is 10.7. The molecule has 136 valence electrons. The summed E-state index contributed by atoms with van der Waals surface area (Å²) in [6, 6.07) is 15.8. The van der Waals surface area contributed by atoms with Crippen molar-refractivity contribution in [1.29, 1.82) is 0 Å². The molecule has 1 amide bonds. The zero-order valence-corrected chi connectivity index (χ0v) is 15.6. The third-order valence-electron chi connectivity index (χ3n) is 3.65. The monoisotopic (exact) mass is 399 g/mol. The van der Waals surface area contributed by atoms with Crippen LogP contribution in [-0.4, -0.2) is 17.1 Å². The van der Waals surface area contributed by atoms with Crippen LogP contribution < -0.4 is 10.2 Å². The minimum absolute atomic E-state index is 0.272. The van der Waals surface area contributed by atoms with Crippen molar-refractivity contribution in [2.24, 2.45) is 5.10 Å². The number of benzene rings is 2. The van der Waals surface area contributed by atoms with Gasteiger partial charge in [0.1, 0.15) is 12.4 Å². The van der Waals surface area contributed by atoms with Crippen LogP contribution in [0.1, 0.15) is 21.5 Å². The number of rotatable bonds is 6. The second-order valence-electron chi connectivity index (χ2n) is 5.49. The Hall–Kier alpha value is -2.89. The van der Waals surface area contributed by atoms with E-state index in [9.17, 15) is 4.79 Å². The zero-order chi connectivity index (χ0) is 19.1. The Kier molecular flexibility index (Phi) is 6.41. The summed E-state index contributed by atoms with van der Waals surface area (Å²) in [4.78, 5) is 15.7. The fraction of sp³-hybridized carbons (Fsp3) is 0.0500. The van der Waals surface area contributed by atoms with Gasteiger partial charge >= 0.3 is 0 Å². The molecule has 1 aromatic heterocycles. The highest BCUT2D eigenvalue weighted by molar-refractivity contribution is 6.35. The molecule has 0 aliphatic carbocycles. The first-order valence-corrected chi connectivity index (χ1v) is 8.78. The molecule has 1 N–H and O–H groups in total. The van der Waals surface area contributed by atoms with Crippen LogP contribution in [0, 0.1) is 0 Å². The van der Waals surface area contributed by atoms with Crippen LogP contribution in [0.25, 0.3) is 0 Å². The van der Waals surface area contributed by atoms with Gasteiger partial charge in [0.15, 0.2) is 0 Å². The lowest BCUT2D eigenvalue weighted by atomic mass is 10.2. The number of hydrazone groups is 1. The molecule has 0 saturated heterocycles. The standard InChI is InChI=1S/C20H15Cl2N3O2/c21-18-2-1-3-19(22)17(18)13-27-16-6-4-14(5-7-16)12-24-25-20(26)15-8-10-23-11-9-15/h1-12H,13H2,(H,25,26)/b24-12-. The van der Waals surface area contributed by atoms with Crippen molar-refractivity contribution in [3.05, 3.63) is 93.7 Å². The number of hydrogen-bond donors (Lipinski definition) is 1. The first-order chi connectivity index (χ1) is 13.1. The van der Waals surface area contributed by atoms with Crippen LogP contribution in [0.15, 0.2) is 72.1 Å². The molecule has 0 aliphatic rings. The van der Waals surface area contributed by atoms with Crippen LogP contribution in [0.2, 0.25) is 10.0 Å².